The summed E-state index contributed by atoms with van der Waals surface area (Å²) in [4.78, 5) is 59.7. The van der Waals surface area contributed by atoms with Crippen molar-refractivity contribution in [2.24, 2.45) is 17.8 Å². The molecule has 5 aromatic rings. The second kappa shape index (κ2) is 11.5. The van der Waals surface area contributed by atoms with Gasteiger partial charge in [0, 0.05) is 16.5 Å². The summed E-state index contributed by atoms with van der Waals surface area (Å²) in [5.74, 6) is -6.58. The number of carbonyl (C=O) groups excluding carboxylic acids is 4. The lowest BCUT2D eigenvalue weighted by molar-refractivity contribution is -0.125. The number of phenolic OH excluding ortho intramolecular Hbond substituents is 1. The zero-order chi connectivity index (χ0) is 36.3. The summed E-state index contributed by atoms with van der Waals surface area (Å²) < 4.78 is 19.8. The summed E-state index contributed by atoms with van der Waals surface area (Å²) in [6.45, 7) is 0. The smallest absolute Gasteiger partial charge is 0.258 e. The van der Waals surface area contributed by atoms with Crippen LogP contribution in [0.4, 0.5) is 15.8 Å². The van der Waals surface area contributed by atoms with Crippen molar-refractivity contribution in [1.82, 2.24) is 4.98 Å². The number of fused-ring (bicyclic) bond motifs is 5. The van der Waals surface area contributed by atoms with Crippen LogP contribution in [0.15, 0.2) is 107 Å². The lowest BCUT2D eigenvalue weighted by Crippen LogP contribution is -2.60. The van der Waals surface area contributed by atoms with E-state index in [1.54, 1.807) is 30.3 Å². The van der Waals surface area contributed by atoms with Gasteiger partial charge >= 0.3 is 0 Å². The molecule has 9 rings (SSSR count). The Balaban J connectivity index is 1.12. The summed E-state index contributed by atoms with van der Waals surface area (Å²) in [5, 5.41) is 10.3. The number of allylic oxidation sites excluding steroid dienone is 2. The van der Waals surface area contributed by atoms with Gasteiger partial charge < -0.3 is 9.52 Å². The predicted molar refractivity (Wildman–Crippen MR) is 192 cm³/mol. The van der Waals surface area contributed by atoms with Crippen LogP contribution in [0.1, 0.15) is 24.3 Å². The highest BCUT2D eigenvalue weighted by molar-refractivity contribution is 6.58. The number of amides is 4. The van der Waals surface area contributed by atoms with Crippen LogP contribution in [-0.4, -0.2) is 43.5 Å². The van der Waals surface area contributed by atoms with Gasteiger partial charge in [0.25, 0.3) is 11.8 Å². The Hall–Kier alpha value is -5.03. The van der Waals surface area contributed by atoms with E-state index in [0.717, 1.165) is 21.9 Å². The Morgan fingerprint density at radius 2 is 1.52 bits per heavy atom. The Bertz CT molecular complexity index is 2380. The van der Waals surface area contributed by atoms with E-state index in [0.29, 0.717) is 39.4 Å². The first-order chi connectivity index (χ1) is 24.9. The molecule has 0 spiro atoms. The fourth-order valence-corrected chi connectivity index (χ4v) is 9.71. The Kier molecular flexibility index (Phi) is 7.26. The number of hydrogen-bond donors (Lipinski definition) is 1. The van der Waals surface area contributed by atoms with Crippen molar-refractivity contribution in [2.75, 3.05) is 9.80 Å². The summed E-state index contributed by atoms with van der Waals surface area (Å²) in [5.41, 5.74) is 3.23. The molecule has 13 heteroatoms. The maximum Gasteiger partial charge on any atom is 0.258 e. The molecule has 260 valence electrons. The second-order valence-electron chi connectivity index (χ2n) is 13.5. The van der Waals surface area contributed by atoms with Crippen LogP contribution in [0, 0.1) is 23.6 Å². The number of nitrogens with zero attached hydrogens (tertiary/aromatic N) is 3. The minimum absolute atomic E-state index is 0.0580. The summed E-state index contributed by atoms with van der Waals surface area (Å²) in [6, 6.07) is 23.0. The van der Waals surface area contributed by atoms with Crippen LogP contribution >= 0.6 is 34.8 Å². The number of carbonyl (C=O) groups is 4. The summed E-state index contributed by atoms with van der Waals surface area (Å²) >= 11 is 21.5. The molecule has 2 saturated heterocycles. The quantitative estimate of drug-likeness (QED) is 0.113. The van der Waals surface area contributed by atoms with Crippen LogP contribution in [-0.2, 0) is 19.2 Å². The lowest BCUT2D eigenvalue weighted by Gasteiger charge is -2.50. The van der Waals surface area contributed by atoms with Crippen LogP contribution in [0.25, 0.3) is 22.6 Å². The van der Waals surface area contributed by atoms with Crippen LogP contribution < -0.4 is 9.80 Å². The van der Waals surface area contributed by atoms with Crippen molar-refractivity contribution >= 4 is 80.9 Å². The normalized spacial score (nSPS) is 28.3. The number of oxazole rings is 1. The van der Waals surface area contributed by atoms with E-state index in [9.17, 15) is 28.7 Å². The molecule has 1 aromatic heterocycles. The molecule has 52 heavy (non-hydrogen) atoms. The average Bonchev–Trinajstić information content (AvgIpc) is 3.72. The van der Waals surface area contributed by atoms with Gasteiger partial charge in [0.2, 0.25) is 17.7 Å². The molecule has 4 aromatic carbocycles. The van der Waals surface area contributed by atoms with E-state index in [1.165, 1.54) is 30.3 Å². The van der Waals surface area contributed by atoms with Crippen molar-refractivity contribution in [2.45, 2.75) is 28.5 Å². The van der Waals surface area contributed by atoms with Gasteiger partial charge in [-0.25, -0.2) is 14.3 Å². The number of imide groups is 2. The zero-order valence-corrected chi connectivity index (χ0v) is 29.1. The van der Waals surface area contributed by atoms with Crippen molar-refractivity contribution < 1.29 is 33.1 Å². The minimum Gasteiger partial charge on any atom is -0.508 e. The number of halogens is 4. The third-order valence-electron chi connectivity index (χ3n) is 10.9. The Morgan fingerprint density at radius 1 is 0.827 bits per heavy atom. The van der Waals surface area contributed by atoms with Gasteiger partial charge in [-0.1, -0.05) is 41.4 Å². The molecule has 3 fully saturated rings. The fourth-order valence-electron chi connectivity index (χ4n) is 8.50. The lowest BCUT2D eigenvalue weighted by atomic mass is 9.56. The highest BCUT2D eigenvalue weighted by atomic mass is 35.5. The molecule has 6 atom stereocenters. The van der Waals surface area contributed by atoms with Gasteiger partial charge in [-0.05, 0) is 97.1 Å². The molecule has 4 aliphatic rings. The van der Waals surface area contributed by atoms with Gasteiger partial charge in [0.05, 0.1) is 23.2 Å². The number of aromatic hydroxyl groups is 1. The van der Waals surface area contributed by atoms with Crippen molar-refractivity contribution in [3.8, 4) is 17.2 Å². The molecule has 6 unspecified atom stereocenters. The number of hydrogen-bond acceptors (Lipinski definition) is 7. The SMILES string of the molecule is O=C1C2CC=C3C(CC4(Cl)C(=O)N(c5ccc(F)cc5)C(=O)C4(Cl)C3c3ccc(O)cc3Cl)C2C(=O)N1c1ccc(-c2nc3ccccc3o2)cc1. The maximum absolute atomic E-state index is 14.5. The fraction of sp³-hybridized carbons (Fsp3) is 0.205. The van der Waals surface area contributed by atoms with Gasteiger partial charge in [-0.15, -0.1) is 23.2 Å². The molecule has 0 bridgehead atoms. The number of anilines is 2. The third-order valence-corrected chi connectivity index (χ3v) is 12.6. The molecule has 0 radical (unpaired) electrons. The molecule has 1 N–H and O–H groups in total. The molecule has 3 heterocycles. The maximum atomic E-state index is 14.5. The first-order valence-corrected chi connectivity index (χ1v) is 17.6. The zero-order valence-electron chi connectivity index (χ0n) is 26.8. The van der Waals surface area contributed by atoms with E-state index in [-0.39, 0.29) is 29.3 Å². The second-order valence-corrected chi connectivity index (χ2v) is 15.2. The molecule has 4 amide bonds. The van der Waals surface area contributed by atoms with E-state index < -0.39 is 62.9 Å². The van der Waals surface area contributed by atoms with Gasteiger partial charge in [0.15, 0.2) is 15.3 Å². The number of alkyl halides is 2. The Labute approximate surface area is 310 Å². The number of aromatic nitrogens is 1. The molecular formula is C39H25Cl3FN3O6. The molecule has 1 saturated carbocycles. The van der Waals surface area contributed by atoms with E-state index in [1.807, 2.05) is 24.3 Å². The highest BCUT2D eigenvalue weighted by Gasteiger charge is 2.76. The van der Waals surface area contributed by atoms with Crippen LogP contribution in [0.2, 0.25) is 5.02 Å². The molecule has 2 aliphatic heterocycles. The van der Waals surface area contributed by atoms with Crippen molar-refractivity contribution in [3.63, 3.8) is 0 Å². The number of rotatable bonds is 4. The summed E-state index contributed by atoms with van der Waals surface area (Å²) in [7, 11) is 0. The standard InChI is InChI=1S/C39H25Cl3FN3O6/c40-28-17-23(47)13-14-25(28)32-24-15-16-26-31(27(24)18-38(41)36(50)46(37(51)39(32,38)42)22-11-7-20(43)8-12-22)35(49)45(34(26)48)21-9-5-19(6-10-21)33-44-29-3-1-2-4-30(29)52-33/h1-15,17,26-27,31-32,47H,16,18H2. The molecular weight excluding hydrogens is 732 g/mol. The third kappa shape index (κ3) is 4.44. The monoisotopic (exact) mass is 755 g/mol. The van der Waals surface area contributed by atoms with Crippen molar-refractivity contribution in [1.29, 1.82) is 0 Å². The topological polar surface area (TPSA) is 121 Å². The summed E-state index contributed by atoms with van der Waals surface area (Å²) in [6.07, 6.45) is 1.70. The van der Waals surface area contributed by atoms with Crippen LogP contribution in [0.5, 0.6) is 5.75 Å². The first-order valence-electron chi connectivity index (χ1n) is 16.5. The number of para-hydroxylation sites is 2. The first kappa shape index (κ1) is 32.8. The minimum atomic E-state index is -2.15. The van der Waals surface area contributed by atoms with Crippen molar-refractivity contribution in [3.05, 3.63) is 119 Å². The van der Waals surface area contributed by atoms with Gasteiger partial charge in [-0.3, -0.25) is 24.1 Å². The molecule has 9 nitrogen and oxygen atoms in total. The predicted octanol–water partition coefficient (Wildman–Crippen LogP) is 7.76. The number of benzene rings is 4. The van der Waals surface area contributed by atoms with E-state index >= 15 is 0 Å². The Morgan fingerprint density at radius 3 is 2.23 bits per heavy atom. The number of phenols is 1. The van der Waals surface area contributed by atoms with Gasteiger partial charge in [-0.2, -0.15) is 0 Å². The van der Waals surface area contributed by atoms with E-state index in [2.05, 4.69) is 4.98 Å². The largest absolute Gasteiger partial charge is 0.508 e. The average molecular weight is 757 g/mol. The van der Waals surface area contributed by atoms with Gasteiger partial charge in [0.1, 0.15) is 17.1 Å². The van der Waals surface area contributed by atoms with E-state index in [4.69, 9.17) is 39.2 Å². The molecule has 2 aliphatic carbocycles. The van der Waals surface area contributed by atoms with Crippen LogP contribution in [0.3, 0.4) is 0 Å². The highest BCUT2D eigenvalue weighted by Crippen LogP contribution is 2.66.